The fourth-order valence-corrected chi connectivity index (χ4v) is 2.96. The summed E-state index contributed by atoms with van der Waals surface area (Å²) in [5.41, 5.74) is 1.84. The van der Waals surface area contributed by atoms with Gasteiger partial charge in [0.15, 0.2) is 0 Å². The van der Waals surface area contributed by atoms with Gasteiger partial charge in [-0.2, -0.15) is 0 Å². The van der Waals surface area contributed by atoms with E-state index in [1.807, 2.05) is 30.7 Å². The minimum absolute atomic E-state index is 0.0950. The molecular formula is C17H16ClN3O2. The van der Waals surface area contributed by atoms with Crippen LogP contribution in [0.25, 0.3) is 10.9 Å². The van der Waals surface area contributed by atoms with E-state index >= 15 is 0 Å². The van der Waals surface area contributed by atoms with Gasteiger partial charge >= 0.3 is 0 Å². The number of nitrogens with zero attached hydrogens (tertiary/aromatic N) is 2. The van der Waals surface area contributed by atoms with Crippen LogP contribution in [0.5, 0.6) is 0 Å². The van der Waals surface area contributed by atoms with E-state index in [2.05, 4.69) is 5.32 Å². The number of rotatable bonds is 3. The zero-order valence-electron chi connectivity index (χ0n) is 12.8. The number of hydrogen-bond acceptors (Lipinski definition) is 2. The standard InChI is InChI=1S/C17H16ClN3O2/c1-3-21-9-11(7-8-15(21)22)19-17(23)13-10-20(2)16-12(13)5-4-6-14(16)18/h4-10H,3H2,1-2H3,(H,19,23). The molecule has 0 saturated heterocycles. The van der Waals surface area contributed by atoms with Crippen molar-refractivity contribution in [2.24, 2.45) is 7.05 Å². The van der Waals surface area contributed by atoms with Gasteiger partial charge in [0.2, 0.25) is 0 Å². The van der Waals surface area contributed by atoms with Gasteiger partial charge < -0.3 is 14.5 Å². The molecule has 6 heteroatoms. The number of anilines is 1. The van der Waals surface area contributed by atoms with E-state index in [0.29, 0.717) is 22.8 Å². The maximum absolute atomic E-state index is 12.6. The Kier molecular flexibility index (Phi) is 3.96. The zero-order valence-corrected chi connectivity index (χ0v) is 13.6. The van der Waals surface area contributed by atoms with Crippen LogP contribution in [0.15, 0.2) is 47.5 Å². The van der Waals surface area contributed by atoms with Crippen molar-refractivity contribution in [1.82, 2.24) is 9.13 Å². The van der Waals surface area contributed by atoms with Crippen molar-refractivity contribution in [2.75, 3.05) is 5.32 Å². The van der Waals surface area contributed by atoms with E-state index in [1.165, 1.54) is 10.6 Å². The van der Waals surface area contributed by atoms with Gasteiger partial charge in [0, 0.05) is 37.4 Å². The molecule has 2 aromatic heterocycles. The molecule has 0 aliphatic heterocycles. The average Bonchev–Trinajstić information content (AvgIpc) is 2.87. The summed E-state index contributed by atoms with van der Waals surface area (Å²) in [6.45, 7) is 2.42. The Morgan fingerprint density at radius 1 is 1.22 bits per heavy atom. The van der Waals surface area contributed by atoms with Crippen LogP contribution in [-0.2, 0) is 13.6 Å². The first-order chi connectivity index (χ1) is 11.0. The largest absolute Gasteiger partial charge is 0.349 e. The van der Waals surface area contributed by atoms with Gasteiger partial charge in [-0.25, -0.2) is 0 Å². The lowest BCUT2D eigenvalue weighted by Gasteiger charge is -2.07. The van der Waals surface area contributed by atoms with Crippen molar-refractivity contribution in [1.29, 1.82) is 0 Å². The maximum atomic E-state index is 12.6. The summed E-state index contributed by atoms with van der Waals surface area (Å²) in [4.78, 5) is 24.2. The number of benzene rings is 1. The fourth-order valence-electron chi connectivity index (χ4n) is 2.65. The number of nitrogens with one attached hydrogen (secondary N) is 1. The molecule has 0 unspecified atom stereocenters. The normalized spacial score (nSPS) is 10.9. The molecule has 3 aromatic rings. The molecule has 5 nitrogen and oxygen atoms in total. The van der Waals surface area contributed by atoms with E-state index in [1.54, 1.807) is 24.5 Å². The summed E-state index contributed by atoms with van der Waals surface area (Å²) < 4.78 is 3.37. The first-order valence-electron chi connectivity index (χ1n) is 7.26. The van der Waals surface area contributed by atoms with Crippen molar-refractivity contribution in [3.05, 3.63) is 63.7 Å². The Balaban J connectivity index is 1.99. The van der Waals surface area contributed by atoms with Crippen LogP contribution in [0, 0.1) is 0 Å². The van der Waals surface area contributed by atoms with E-state index in [0.717, 1.165) is 10.9 Å². The number of amides is 1. The molecule has 0 spiro atoms. The van der Waals surface area contributed by atoms with Crippen molar-refractivity contribution in [2.45, 2.75) is 13.5 Å². The van der Waals surface area contributed by atoms with Crippen molar-refractivity contribution in [3.63, 3.8) is 0 Å². The second-order valence-electron chi connectivity index (χ2n) is 5.29. The third kappa shape index (κ3) is 2.75. The molecule has 2 heterocycles. The number of aromatic nitrogens is 2. The summed E-state index contributed by atoms with van der Waals surface area (Å²) in [5, 5.41) is 4.22. The van der Waals surface area contributed by atoms with Gasteiger partial charge in [0.05, 0.1) is 21.8 Å². The summed E-state index contributed by atoms with van der Waals surface area (Å²) >= 11 is 6.21. The topological polar surface area (TPSA) is 56.0 Å². The number of carbonyl (C=O) groups excluding carboxylic acids is 1. The lowest BCUT2D eigenvalue weighted by molar-refractivity contribution is 0.102. The number of para-hydroxylation sites is 1. The monoisotopic (exact) mass is 329 g/mol. The molecule has 0 aliphatic carbocycles. The van der Waals surface area contributed by atoms with Gasteiger partial charge in [-0.3, -0.25) is 9.59 Å². The van der Waals surface area contributed by atoms with Crippen LogP contribution in [0.2, 0.25) is 5.02 Å². The van der Waals surface area contributed by atoms with Crippen molar-refractivity contribution < 1.29 is 4.79 Å². The lowest BCUT2D eigenvalue weighted by Crippen LogP contribution is -2.19. The Hall–Kier alpha value is -2.53. The van der Waals surface area contributed by atoms with Crippen LogP contribution >= 0.6 is 11.6 Å². The molecular weight excluding hydrogens is 314 g/mol. The van der Waals surface area contributed by atoms with Crippen LogP contribution in [0.4, 0.5) is 5.69 Å². The summed E-state index contributed by atoms with van der Waals surface area (Å²) in [6.07, 6.45) is 3.39. The molecule has 118 valence electrons. The van der Waals surface area contributed by atoms with Gasteiger partial charge in [-0.1, -0.05) is 23.7 Å². The van der Waals surface area contributed by atoms with Gasteiger partial charge in [0.1, 0.15) is 0 Å². The van der Waals surface area contributed by atoms with Crippen molar-refractivity contribution in [3.8, 4) is 0 Å². The highest BCUT2D eigenvalue weighted by atomic mass is 35.5. The third-order valence-corrected chi connectivity index (χ3v) is 4.08. The second-order valence-corrected chi connectivity index (χ2v) is 5.69. The van der Waals surface area contributed by atoms with Crippen molar-refractivity contribution >= 4 is 34.1 Å². The second kappa shape index (κ2) is 5.93. The number of pyridine rings is 1. The minimum atomic E-state index is -0.237. The Bertz CT molecular complexity index is 956. The van der Waals surface area contributed by atoms with E-state index in [9.17, 15) is 9.59 Å². The molecule has 0 bridgehead atoms. The highest BCUT2D eigenvalue weighted by molar-refractivity contribution is 6.35. The van der Waals surface area contributed by atoms with E-state index in [4.69, 9.17) is 11.6 Å². The van der Waals surface area contributed by atoms with E-state index in [-0.39, 0.29) is 11.5 Å². The van der Waals surface area contributed by atoms with Gasteiger partial charge in [0.25, 0.3) is 11.5 Å². The molecule has 0 radical (unpaired) electrons. The zero-order chi connectivity index (χ0) is 16.6. The van der Waals surface area contributed by atoms with Gasteiger partial charge in [-0.05, 0) is 19.1 Å². The van der Waals surface area contributed by atoms with Crippen LogP contribution in [0.1, 0.15) is 17.3 Å². The maximum Gasteiger partial charge on any atom is 0.257 e. The number of carbonyl (C=O) groups is 1. The quantitative estimate of drug-likeness (QED) is 0.801. The number of halogens is 1. The number of hydrogen-bond donors (Lipinski definition) is 1. The highest BCUT2D eigenvalue weighted by Gasteiger charge is 2.16. The first-order valence-corrected chi connectivity index (χ1v) is 7.64. The molecule has 1 N–H and O–H groups in total. The molecule has 23 heavy (non-hydrogen) atoms. The van der Waals surface area contributed by atoms with Gasteiger partial charge in [-0.15, -0.1) is 0 Å². The molecule has 3 rings (SSSR count). The summed E-state index contributed by atoms with van der Waals surface area (Å²) in [5.74, 6) is -0.237. The molecule has 1 aromatic carbocycles. The third-order valence-electron chi connectivity index (χ3n) is 3.78. The molecule has 0 saturated carbocycles. The van der Waals surface area contributed by atoms with E-state index < -0.39 is 0 Å². The van der Waals surface area contributed by atoms with Crippen LogP contribution in [-0.4, -0.2) is 15.0 Å². The van der Waals surface area contributed by atoms with Crippen LogP contribution in [0.3, 0.4) is 0 Å². The minimum Gasteiger partial charge on any atom is -0.349 e. The molecule has 1 amide bonds. The molecule has 0 fully saturated rings. The summed E-state index contributed by atoms with van der Waals surface area (Å²) in [7, 11) is 1.85. The number of fused-ring (bicyclic) bond motifs is 1. The Morgan fingerprint density at radius 3 is 2.74 bits per heavy atom. The summed E-state index contributed by atoms with van der Waals surface area (Å²) in [6, 6.07) is 8.52. The Labute approximate surface area is 138 Å². The average molecular weight is 330 g/mol. The predicted molar refractivity (Wildman–Crippen MR) is 92.3 cm³/mol. The molecule has 0 aliphatic rings. The smallest absolute Gasteiger partial charge is 0.257 e. The Morgan fingerprint density at radius 2 is 2.00 bits per heavy atom. The van der Waals surface area contributed by atoms with Crippen LogP contribution < -0.4 is 10.9 Å². The lowest BCUT2D eigenvalue weighted by atomic mass is 10.1. The highest BCUT2D eigenvalue weighted by Crippen LogP contribution is 2.27. The predicted octanol–water partition coefficient (Wildman–Crippen LogP) is 3.27. The molecule has 0 atom stereocenters. The SMILES string of the molecule is CCn1cc(NC(=O)c2cn(C)c3c(Cl)cccc23)ccc1=O. The number of aryl methyl sites for hydroxylation is 2. The fraction of sp³-hybridized carbons (Fsp3) is 0.176. The first kappa shape index (κ1) is 15.4.